The number of rotatable bonds is 2. The highest BCUT2D eigenvalue weighted by Crippen LogP contribution is 2.12. The fraction of sp³-hybridized carbons (Fsp3) is 0.417. The summed E-state index contributed by atoms with van der Waals surface area (Å²) in [5.74, 6) is 0. The maximum atomic E-state index is 10.8. The van der Waals surface area contributed by atoms with E-state index < -0.39 is 6.09 Å². The number of nitrogens with zero attached hydrogens (tertiary/aromatic N) is 2. The van der Waals surface area contributed by atoms with Crippen molar-refractivity contribution < 1.29 is 9.90 Å². The second-order valence-electron chi connectivity index (χ2n) is 4.18. The summed E-state index contributed by atoms with van der Waals surface area (Å²) in [5.41, 5.74) is 1.29. The van der Waals surface area contributed by atoms with Crippen molar-refractivity contribution in [2.24, 2.45) is 0 Å². The van der Waals surface area contributed by atoms with E-state index in [0.717, 1.165) is 19.6 Å². The van der Waals surface area contributed by atoms with Crippen LogP contribution in [0, 0.1) is 3.57 Å². The van der Waals surface area contributed by atoms with Crippen molar-refractivity contribution in [2.45, 2.75) is 6.54 Å². The van der Waals surface area contributed by atoms with Crippen LogP contribution in [0.25, 0.3) is 0 Å². The maximum absolute atomic E-state index is 10.8. The van der Waals surface area contributed by atoms with Gasteiger partial charge in [-0.2, -0.15) is 0 Å². The molecule has 1 saturated heterocycles. The number of halogens is 1. The van der Waals surface area contributed by atoms with Crippen molar-refractivity contribution in [3.05, 3.63) is 33.4 Å². The molecule has 17 heavy (non-hydrogen) atoms. The molecule has 0 aromatic heterocycles. The molecule has 1 amide bonds. The largest absolute Gasteiger partial charge is 0.465 e. The van der Waals surface area contributed by atoms with E-state index >= 15 is 0 Å². The third-order valence-electron chi connectivity index (χ3n) is 2.94. The molecule has 1 aromatic carbocycles. The van der Waals surface area contributed by atoms with Crippen LogP contribution in [-0.2, 0) is 6.54 Å². The quantitative estimate of drug-likeness (QED) is 0.834. The Morgan fingerprint density at radius 1 is 1.29 bits per heavy atom. The van der Waals surface area contributed by atoms with Crippen molar-refractivity contribution in [3.63, 3.8) is 0 Å². The van der Waals surface area contributed by atoms with Gasteiger partial charge in [-0.25, -0.2) is 4.79 Å². The Morgan fingerprint density at radius 3 is 2.59 bits per heavy atom. The summed E-state index contributed by atoms with van der Waals surface area (Å²) in [6.45, 7) is 3.76. The first-order valence-corrected chi connectivity index (χ1v) is 6.68. The summed E-state index contributed by atoms with van der Waals surface area (Å²) >= 11 is 2.31. The Morgan fingerprint density at radius 2 is 2.00 bits per heavy atom. The Balaban J connectivity index is 1.88. The molecule has 0 radical (unpaired) electrons. The van der Waals surface area contributed by atoms with Gasteiger partial charge in [0.15, 0.2) is 0 Å². The predicted octanol–water partition coefficient (Wildman–Crippen LogP) is 2.09. The first-order chi connectivity index (χ1) is 8.15. The van der Waals surface area contributed by atoms with Crippen LogP contribution < -0.4 is 0 Å². The third-order valence-corrected chi connectivity index (χ3v) is 3.61. The maximum Gasteiger partial charge on any atom is 0.407 e. The highest BCUT2D eigenvalue weighted by atomic mass is 127. The van der Waals surface area contributed by atoms with Gasteiger partial charge in [-0.1, -0.05) is 12.1 Å². The normalized spacial score (nSPS) is 17.1. The topological polar surface area (TPSA) is 43.8 Å². The van der Waals surface area contributed by atoms with E-state index in [1.807, 2.05) is 0 Å². The highest BCUT2D eigenvalue weighted by Gasteiger charge is 2.20. The second kappa shape index (κ2) is 5.68. The molecule has 1 aliphatic heterocycles. The van der Waals surface area contributed by atoms with Crippen LogP contribution in [0.5, 0.6) is 0 Å². The summed E-state index contributed by atoms with van der Waals surface area (Å²) in [6, 6.07) is 8.42. The van der Waals surface area contributed by atoms with Gasteiger partial charge in [-0.05, 0) is 40.3 Å². The van der Waals surface area contributed by atoms with Crippen LogP contribution in [0.3, 0.4) is 0 Å². The van der Waals surface area contributed by atoms with Gasteiger partial charge in [0, 0.05) is 36.3 Å². The first-order valence-electron chi connectivity index (χ1n) is 5.60. The zero-order valence-electron chi connectivity index (χ0n) is 9.47. The van der Waals surface area contributed by atoms with Gasteiger partial charge in [0.25, 0.3) is 0 Å². The molecule has 5 heteroatoms. The zero-order chi connectivity index (χ0) is 12.3. The summed E-state index contributed by atoms with van der Waals surface area (Å²) in [7, 11) is 0. The Kier molecular flexibility index (Phi) is 4.22. The summed E-state index contributed by atoms with van der Waals surface area (Å²) in [6.07, 6.45) is -0.807. The monoisotopic (exact) mass is 346 g/mol. The van der Waals surface area contributed by atoms with Gasteiger partial charge in [0.1, 0.15) is 0 Å². The number of piperazine rings is 1. The van der Waals surface area contributed by atoms with Crippen LogP contribution in [0.4, 0.5) is 4.79 Å². The Hall–Kier alpha value is -0.820. The van der Waals surface area contributed by atoms with E-state index in [4.69, 9.17) is 5.11 Å². The van der Waals surface area contributed by atoms with Crippen molar-refractivity contribution in [1.82, 2.24) is 9.80 Å². The number of hydrogen-bond acceptors (Lipinski definition) is 2. The Bertz CT molecular complexity index is 403. The molecule has 0 spiro atoms. The van der Waals surface area contributed by atoms with E-state index in [-0.39, 0.29) is 0 Å². The molecular formula is C12H15IN2O2. The molecule has 2 rings (SSSR count). The number of carbonyl (C=O) groups is 1. The minimum Gasteiger partial charge on any atom is -0.465 e. The molecule has 4 nitrogen and oxygen atoms in total. The van der Waals surface area contributed by atoms with E-state index in [1.165, 1.54) is 14.0 Å². The van der Waals surface area contributed by atoms with E-state index in [0.29, 0.717) is 13.1 Å². The number of carboxylic acid groups (broad SMARTS) is 1. The first kappa shape index (κ1) is 12.6. The van der Waals surface area contributed by atoms with Crippen LogP contribution in [-0.4, -0.2) is 47.2 Å². The summed E-state index contributed by atoms with van der Waals surface area (Å²) in [5, 5.41) is 8.86. The highest BCUT2D eigenvalue weighted by molar-refractivity contribution is 14.1. The predicted molar refractivity (Wildman–Crippen MR) is 74.0 cm³/mol. The molecule has 92 valence electrons. The van der Waals surface area contributed by atoms with Crippen LogP contribution in [0.15, 0.2) is 24.3 Å². The van der Waals surface area contributed by atoms with Crippen molar-refractivity contribution >= 4 is 28.7 Å². The standard InChI is InChI=1S/C12H15IN2O2/c13-11-3-1-2-10(8-11)9-14-4-6-15(7-5-14)12(16)17/h1-3,8H,4-7,9H2,(H,16,17). The minimum absolute atomic E-state index is 0.610. The third kappa shape index (κ3) is 3.57. The molecule has 0 unspecified atom stereocenters. The number of amides is 1. The lowest BCUT2D eigenvalue weighted by Crippen LogP contribution is -2.47. The fourth-order valence-corrected chi connectivity index (χ4v) is 2.60. The molecule has 0 aliphatic carbocycles. The minimum atomic E-state index is -0.807. The van der Waals surface area contributed by atoms with Crippen molar-refractivity contribution in [2.75, 3.05) is 26.2 Å². The molecule has 1 aromatic rings. The molecule has 1 fully saturated rings. The van der Waals surface area contributed by atoms with Crippen LogP contribution in [0.1, 0.15) is 5.56 Å². The molecule has 0 bridgehead atoms. The average molecular weight is 346 g/mol. The lowest BCUT2D eigenvalue weighted by Gasteiger charge is -2.33. The average Bonchev–Trinajstić information content (AvgIpc) is 2.29. The van der Waals surface area contributed by atoms with E-state index in [1.54, 1.807) is 0 Å². The molecular weight excluding hydrogens is 331 g/mol. The van der Waals surface area contributed by atoms with Crippen molar-refractivity contribution in [3.8, 4) is 0 Å². The molecule has 1 heterocycles. The molecule has 0 saturated carbocycles. The SMILES string of the molecule is O=C(O)N1CCN(Cc2cccc(I)c2)CC1. The van der Waals surface area contributed by atoms with Gasteiger partial charge < -0.3 is 10.0 Å². The smallest absolute Gasteiger partial charge is 0.407 e. The van der Waals surface area contributed by atoms with E-state index in [9.17, 15) is 4.79 Å². The zero-order valence-corrected chi connectivity index (χ0v) is 11.6. The summed E-state index contributed by atoms with van der Waals surface area (Å²) in [4.78, 5) is 14.5. The number of benzene rings is 1. The second-order valence-corrected chi connectivity index (χ2v) is 5.42. The Labute approximate surface area is 114 Å². The van der Waals surface area contributed by atoms with E-state index in [2.05, 4.69) is 51.8 Å². The molecule has 1 N–H and O–H groups in total. The van der Waals surface area contributed by atoms with Gasteiger partial charge in [-0.15, -0.1) is 0 Å². The summed E-state index contributed by atoms with van der Waals surface area (Å²) < 4.78 is 1.24. The fourth-order valence-electron chi connectivity index (χ4n) is 1.99. The van der Waals surface area contributed by atoms with Gasteiger partial charge in [0.05, 0.1) is 0 Å². The van der Waals surface area contributed by atoms with Crippen molar-refractivity contribution in [1.29, 1.82) is 0 Å². The lowest BCUT2D eigenvalue weighted by atomic mass is 10.2. The van der Waals surface area contributed by atoms with Gasteiger partial charge >= 0.3 is 6.09 Å². The molecule has 0 atom stereocenters. The van der Waals surface area contributed by atoms with Crippen LogP contribution in [0.2, 0.25) is 0 Å². The van der Waals surface area contributed by atoms with Gasteiger partial charge in [0.2, 0.25) is 0 Å². The van der Waals surface area contributed by atoms with Crippen LogP contribution >= 0.6 is 22.6 Å². The van der Waals surface area contributed by atoms with Gasteiger partial charge in [-0.3, -0.25) is 4.90 Å². The number of hydrogen-bond donors (Lipinski definition) is 1. The molecule has 1 aliphatic rings. The lowest BCUT2D eigenvalue weighted by molar-refractivity contribution is 0.103.